The predicted molar refractivity (Wildman–Crippen MR) is 69.9 cm³/mol. The molecule has 8 nitrogen and oxygen atoms in total. The molecule has 0 unspecified atom stereocenters. The molecule has 5 N–H and O–H groups in total. The average molecular weight is 287 g/mol. The van der Waals surface area contributed by atoms with Crippen LogP contribution in [-0.2, 0) is 11.3 Å². The standard InChI is InChI=1S/C13H9N3O5/c17-8-5-3-1-2-4-6(5)13(21)12(8,20)7-9(16-13)14-11(19)15-10(7)18/h1-4,20-21H,(H3,14,15,16,18,19)/t12-,13-/m1/s1. The number of hydrogen-bond acceptors (Lipinski definition) is 6. The van der Waals surface area contributed by atoms with Crippen LogP contribution in [0.2, 0.25) is 0 Å². The fourth-order valence-electron chi connectivity index (χ4n) is 3.11. The van der Waals surface area contributed by atoms with E-state index >= 15 is 0 Å². The number of aromatic amines is 2. The number of ketones is 1. The first kappa shape index (κ1) is 12.1. The maximum atomic E-state index is 12.5. The van der Waals surface area contributed by atoms with Gasteiger partial charge in [0, 0.05) is 11.1 Å². The summed E-state index contributed by atoms with van der Waals surface area (Å²) < 4.78 is 0. The Morgan fingerprint density at radius 3 is 2.48 bits per heavy atom. The van der Waals surface area contributed by atoms with Crippen molar-refractivity contribution in [3.8, 4) is 0 Å². The molecule has 4 rings (SSSR count). The number of benzene rings is 1. The zero-order valence-electron chi connectivity index (χ0n) is 10.4. The molecule has 106 valence electrons. The number of carbonyl (C=O) groups is 1. The molecule has 0 saturated heterocycles. The molecule has 1 aliphatic heterocycles. The Bertz CT molecular complexity index is 930. The summed E-state index contributed by atoms with van der Waals surface area (Å²) in [5.74, 6) is -0.971. The van der Waals surface area contributed by atoms with E-state index in [-0.39, 0.29) is 16.9 Å². The smallest absolute Gasteiger partial charge is 0.327 e. The van der Waals surface area contributed by atoms with E-state index in [0.29, 0.717) is 0 Å². The Kier molecular flexibility index (Phi) is 1.90. The number of H-pyrrole nitrogens is 2. The Morgan fingerprint density at radius 2 is 1.71 bits per heavy atom. The van der Waals surface area contributed by atoms with Gasteiger partial charge in [0.2, 0.25) is 17.1 Å². The summed E-state index contributed by atoms with van der Waals surface area (Å²) in [7, 11) is 0. The first-order valence-electron chi connectivity index (χ1n) is 6.14. The number of hydrogen-bond donors (Lipinski definition) is 5. The van der Waals surface area contributed by atoms with Crippen LogP contribution in [0.25, 0.3) is 0 Å². The number of rotatable bonds is 0. The number of aliphatic hydroxyl groups is 2. The molecule has 1 aliphatic carbocycles. The third-order valence-electron chi connectivity index (χ3n) is 4.02. The minimum atomic E-state index is -2.48. The van der Waals surface area contributed by atoms with Gasteiger partial charge in [-0.15, -0.1) is 0 Å². The average Bonchev–Trinajstić information content (AvgIpc) is 2.75. The van der Waals surface area contributed by atoms with Crippen LogP contribution in [0.5, 0.6) is 0 Å². The number of anilines is 1. The third-order valence-corrected chi connectivity index (χ3v) is 4.02. The molecule has 0 bridgehead atoms. The van der Waals surface area contributed by atoms with Crippen molar-refractivity contribution in [3.05, 3.63) is 61.8 Å². The molecule has 0 amide bonds. The van der Waals surface area contributed by atoms with Crippen LogP contribution in [0, 0.1) is 0 Å². The Morgan fingerprint density at radius 1 is 1.00 bits per heavy atom. The van der Waals surface area contributed by atoms with Gasteiger partial charge in [0.15, 0.2) is 0 Å². The van der Waals surface area contributed by atoms with E-state index in [0.717, 1.165) is 0 Å². The number of Topliss-reactive ketones (excluding diaryl/α,β-unsaturated/α-hetero) is 1. The highest BCUT2D eigenvalue weighted by molar-refractivity contribution is 6.11. The predicted octanol–water partition coefficient (Wildman–Crippen LogP) is -1.28. The van der Waals surface area contributed by atoms with Gasteiger partial charge >= 0.3 is 5.69 Å². The molecule has 0 spiro atoms. The highest BCUT2D eigenvalue weighted by atomic mass is 16.4. The third kappa shape index (κ3) is 1.11. The fraction of sp³-hybridized carbons (Fsp3) is 0.154. The van der Waals surface area contributed by atoms with Gasteiger partial charge in [0.05, 0.1) is 0 Å². The monoisotopic (exact) mass is 287 g/mol. The van der Waals surface area contributed by atoms with Crippen LogP contribution in [0.4, 0.5) is 5.82 Å². The fourth-order valence-corrected chi connectivity index (χ4v) is 3.11. The Hall–Kier alpha value is -2.71. The molecule has 1 aromatic heterocycles. The molecular formula is C13H9N3O5. The van der Waals surface area contributed by atoms with Crippen molar-refractivity contribution in [2.24, 2.45) is 0 Å². The molecule has 2 aliphatic rings. The number of nitrogens with one attached hydrogen (secondary N) is 3. The summed E-state index contributed by atoms with van der Waals surface area (Å²) in [5.41, 5.74) is -6.55. The van der Waals surface area contributed by atoms with Crippen LogP contribution in [-0.4, -0.2) is 26.0 Å². The zero-order chi connectivity index (χ0) is 15.0. The first-order valence-corrected chi connectivity index (χ1v) is 6.14. The largest absolute Gasteiger partial charge is 0.372 e. The van der Waals surface area contributed by atoms with Gasteiger partial charge in [0.1, 0.15) is 11.4 Å². The van der Waals surface area contributed by atoms with E-state index in [9.17, 15) is 24.6 Å². The van der Waals surface area contributed by atoms with Crippen molar-refractivity contribution in [1.82, 2.24) is 9.97 Å². The molecule has 1 aromatic carbocycles. The van der Waals surface area contributed by atoms with Crippen LogP contribution in [0.15, 0.2) is 33.9 Å². The lowest BCUT2D eigenvalue weighted by atomic mass is 9.88. The van der Waals surface area contributed by atoms with E-state index in [1.165, 1.54) is 12.1 Å². The minimum absolute atomic E-state index is 0.117. The van der Waals surface area contributed by atoms with E-state index in [4.69, 9.17) is 0 Å². The molecular weight excluding hydrogens is 278 g/mol. The summed E-state index contributed by atoms with van der Waals surface area (Å²) in [6.07, 6.45) is 0. The second-order valence-corrected chi connectivity index (χ2v) is 5.08. The molecule has 0 fully saturated rings. The Labute approximate surface area is 116 Å². The molecule has 2 aromatic rings. The lowest BCUT2D eigenvalue weighted by Gasteiger charge is -2.29. The van der Waals surface area contributed by atoms with Gasteiger partial charge in [-0.1, -0.05) is 24.3 Å². The van der Waals surface area contributed by atoms with E-state index in [1.807, 2.05) is 4.98 Å². The topological polar surface area (TPSA) is 135 Å². The SMILES string of the molecule is O=C1c2ccccc2[C@]2(O)Nc3[nH]c(=O)[nH]c(=O)c3[C@@]12O. The van der Waals surface area contributed by atoms with Gasteiger partial charge in [-0.25, -0.2) is 4.79 Å². The minimum Gasteiger partial charge on any atom is -0.372 e. The second-order valence-electron chi connectivity index (χ2n) is 5.08. The maximum absolute atomic E-state index is 12.5. The normalized spacial score (nSPS) is 28.8. The van der Waals surface area contributed by atoms with Gasteiger partial charge in [-0.2, -0.15) is 0 Å². The van der Waals surface area contributed by atoms with Crippen LogP contribution >= 0.6 is 0 Å². The number of carbonyl (C=O) groups excluding carboxylic acids is 1. The summed E-state index contributed by atoms with van der Waals surface area (Å²) in [5, 5.41) is 24.1. The van der Waals surface area contributed by atoms with Crippen molar-refractivity contribution in [2.75, 3.05) is 5.32 Å². The Balaban J connectivity index is 2.13. The number of fused-ring (bicyclic) bond motifs is 5. The molecule has 0 radical (unpaired) electrons. The highest BCUT2D eigenvalue weighted by Gasteiger charge is 2.69. The molecule has 0 saturated carbocycles. The van der Waals surface area contributed by atoms with Gasteiger partial charge in [-0.3, -0.25) is 19.6 Å². The number of aromatic nitrogens is 2. The van der Waals surface area contributed by atoms with E-state index in [2.05, 4.69) is 10.3 Å². The van der Waals surface area contributed by atoms with E-state index < -0.39 is 33.9 Å². The molecule has 8 heteroatoms. The van der Waals surface area contributed by atoms with Crippen molar-refractivity contribution in [2.45, 2.75) is 11.3 Å². The van der Waals surface area contributed by atoms with E-state index in [1.54, 1.807) is 12.1 Å². The zero-order valence-corrected chi connectivity index (χ0v) is 10.4. The summed E-state index contributed by atoms with van der Waals surface area (Å²) in [6.45, 7) is 0. The van der Waals surface area contributed by atoms with Crippen molar-refractivity contribution >= 4 is 11.6 Å². The molecule has 2 heterocycles. The second kappa shape index (κ2) is 3.30. The molecule has 2 atom stereocenters. The lowest BCUT2D eigenvalue weighted by Crippen LogP contribution is -2.51. The van der Waals surface area contributed by atoms with Crippen LogP contribution in [0.3, 0.4) is 0 Å². The van der Waals surface area contributed by atoms with Gasteiger partial charge in [0.25, 0.3) is 5.56 Å². The van der Waals surface area contributed by atoms with Gasteiger partial charge in [-0.05, 0) is 0 Å². The van der Waals surface area contributed by atoms with Gasteiger partial charge < -0.3 is 15.5 Å². The lowest BCUT2D eigenvalue weighted by molar-refractivity contribution is -0.101. The van der Waals surface area contributed by atoms with Crippen LogP contribution in [0.1, 0.15) is 21.5 Å². The summed E-state index contributed by atoms with van der Waals surface area (Å²) in [6, 6.07) is 6.10. The molecule has 21 heavy (non-hydrogen) atoms. The highest BCUT2D eigenvalue weighted by Crippen LogP contribution is 2.54. The van der Waals surface area contributed by atoms with Crippen molar-refractivity contribution in [3.63, 3.8) is 0 Å². The van der Waals surface area contributed by atoms with Crippen molar-refractivity contribution in [1.29, 1.82) is 0 Å². The summed E-state index contributed by atoms with van der Waals surface area (Å²) in [4.78, 5) is 40.0. The summed E-state index contributed by atoms with van der Waals surface area (Å²) >= 11 is 0. The van der Waals surface area contributed by atoms with Crippen LogP contribution < -0.4 is 16.6 Å². The maximum Gasteiger partial charge on any atom is 0.327 e. The quantitative estimate of drug-likeness (QED) is 0.409. The first-order chi connectivity index (χ1) is 9.89. The van der Waals surface area contributed by atoms with Crippen molar-refractivity contribution < 1.29 is 15.0 Å².